The van der Waals surface area contributed by atoms with E-state index in [2.05, 4.69) is 15.9 Å². The minimum Gasteiger partial charge on any atom is -0.485 e. The van der Waals surface area contributed by atoms with Crippen LogP contribution in [0.4, 0.5) is 5.69 Å². The summed E-state index contributed by atoms with van der Waals surface area (Å²) in [5, 5.41) is 10.7. The molecule has 0 unspecified atom stereocenters. The van der Waals surface area contributed by atoms with E-state index in [1.165, 1.54) is 12.1 Å². The first-order chi connectivity index (χ1) is 9.47. The maximum Gasteiger partial charge on any atom is 0.274 e. The van der Waals surface area contributed by atoms with E-state index in [-0.39, 0.29) is 23.8 Å². The van der Waals surface area contributed by atoms with Gasteiger partial charge in [0.25, 0.3) is 5.69 Å². The van der Waals surface area contributed by atoms with Crippen LogP contribution in [-0.4, -0.2) is 21.9 Å². The Morgan fingerprint density at radius 1 is 1.45 bits per heavy atom. The van der Waals surface area contributed by atoms with Crippen LogP contribution in [0, 0.1) is 10.1 Å². The van der Waals surface area contributed by atoms with Crippen molar-refractivity contribution in [3.63, 3.8) is 0 Å². The number of ketones is 1. The number of Topliss-reactive ketones (excluding diaryl/α,β-unsaturated/α-hetero) is 1. The highest BCUT2D eigenvalue weighted by Gasteiger charge is 2.13. The van der Waals surface area contributed by atoms with Crippen molar-refractivity contribution in [2.24, 2.45) is 7.05 Å². The summed E-state index contributed by atoms with van der Waals surface area (Å²) >= 11 is 3.17. The third-order valence-corrected chi connectivity index (χ3v) is 3.12. The zero-order valence-corrected chi connectivity index (χ0v) is 12.2. The molecule has 2 aromatic rings. The molecule has 1 aromatic carbocycles. The van der Waals surface area contributed by atoms with Gasteiger partial charge in [-0.05, 0) is 18.2 Å². The Balaban J connectivity index is 2.10. The van der Waals surface area contributed by atoms with Gasteiger partial charge >= 0.3 is 0 Å². The lowest BCUT2D eigenvalue weighted by Gasteiger charge is -2.06. The van der Waals surface area contributed by atoms with E-state index in [0.717, 1.165) is 0 Å². The van der Waals surface area contributed by atoms with Crippen molar-refractivity contribution in [2.75, 3.05) is 6.61 Å². The Hall–Kier alpha value is -2.15. The normalized spacial score (nSPS) is 10.3. The van der Waals surface area contributed by atoms with Crippen LogP contribution in [0.1, 0.15) is 10.5 Å². The summed E-state index contributed by atoms with van der Waals surface area (Å²) in [4.78, 5) is 22.1. The van der Waals surface area contributed by atoms with Crippen LogP contribution in [0.25, 0.3) is 0 Å². The Labute approximate surface area is 123 Å². The van der Waals surface area contributed by atoms with Gasteiger partial charge in [-0.15, -0.1) is 0 Å². The Kier molecular flexibility index (Phi) is 4.19. The highest BCUT2D eigenvalue weighted by molar-refractivity contribution is 9.10. The maximum absolute atomic E-state index is 11.9. The van der Waals surface area contributed by atoms with Crippen molar-refractivity contribution in [2.45, 2.75) is 0 Å². The fraction of sp³-hybridized carbons (Fsp3) is 0.154. The van der Waals surface area contributed by atoms with Gasteiger partial charge in [-0.1, -0.05) is 15.9 Å². The van der Waals surface area contributed by atoms with E-state index >= 15 is 0 Å². The monoisotopic (exact) mass is 338 g/mol. The van der Waals surface area contributed by atoms with E-state index in [0.29, 0.717) is 10.2 Å². The first kappa shape index (κ1) is 14.3. The van der Waals surface area contributed by atoms with Crippen molar-refractivity contribution in [1.29, 1.82) is 0 Å². The van der Waals surface area contributed by atoms with Gasteiger partial charge in [0.1, 0.15) is 5.75 Å². The number of nitro groups is 1. The van der Waals surface area contributed by atoms with Crippen LogP contribution in [-0.2, 0) is 7.05 Å². The third-order valence-electron chi connectivity index (χ3n) is 2.67. The van der Waals surface area contributed by atoms with E-state index in [4.69, 9.17) is 4.74 Å². The number of aromatic nitrogens is 1. The number of non-ortho nitro benzene ring substituents is 1. The van der Waals surface area contributed by atoms with Gasteiger partial charge in [-0.2, -0.15) is 0 Å². The van der Waals surface area contributed by atoms with Gasteiger partial charge in [-0.3, -0.25) is 14.9 Å². The number of halogens is 1. The highest BCUT2D eigenvalue weighted by atomic mass is 79.9. The minimum absolute atomic E-state index is 0.0966. The molecule has 0 atom stereocenters. The molecule has 6 nitrogen and oxygen atoms in total. The molecule has 0 amide bonds. The standard InChI is InChI=1S/C13H11BrN2O4/c1-15-4-2-3-12(15)13(17)8-20-11-6-9(14)5-10(7-11)16(18)19/h2-7H,8H2,1H3. The molecule has 0 bridgehead atoms. The Morgan fingerprint density at radius 2 is 2.20 bits per heavy atom. The van der Waals surface area contributed by atoms with E-state index in [9.17, 15) is 14.9 Å². The zero-order chi connectivity index (χ0) is 14.7. The van der Waals surface area contributed by atoms with Gasteiger partial charge in [0.2, 0.25) is 5.78 Å². The summed E-state index contributed by atoms with van der Waals surface area (Å²) < 4.78 is 7.53. The lowest BCUT2D eigenvalue weighted by molar-refractivity contribution is -0.385. The second kappa shape index (κ2) is 5.87. The number of aryl methyl sites for hydroxylation is 1. The second-order valence-electron chi connectivity index (χ2n) is 4.12. The topological polar surface area (TPSA) is 74.4 Å². The summed E-state index contributed by atoms with van der Waals surface area (Å²) in [6, 6.07) is 7.67. The number of nitrogens with zero attached hydrogens (tertiary/aromatic N) is 2. The molecule has 0 spiro atoms. The van der Waals surface area contributed by atoms with Gasteiger partial charge in [0.05, 0.1) is 16.7 Å². The molecule has 20 heavy (non-hydrogen) atoms. The van der Waals surface area contributed by atoms with Gasteiger partial charge in [0, 0.05) is 23.8 Å². The van der Waals surface area contributed by atoms with Crippen LogP contribution in [0.5, 0.6) is 5.75 Å². The number of nitro benzene ring substituents is 1. The number of rotatable bonds is 5. The fourth-order valence-corrected chi connectivity index (χ4v) is 2.17. The van der Waals surface area contributed by atoms with Crippen LogP contribution in [0.15, 0.2) is 41.0 Å². The molecule has 0 fully saturated rings. The third kappa shape index (κ3) is 3.24. The molecular weight excluding hydrogens is 328 g/mol. The summed E-state index contributed by atoms with van der Waals surface area (Å²) in [5.74, 6) is 0.0776. The maximum atomic E-state index is 11.9. The minimum atomic E-state index is -0.517. The predicted molar refractivity (Wildman–Crippen MR) is 76.0 cm³/mol. The van der Waals surface area contributed by atoms with E-state index < -0.39 is 4.92 Å². The summed E-state index contributed by atoms with van der Waals surface area (Å²) in [6.07, 6.45) is 1.76. The number of hydrogen-bond donors (Lipinski definition) is 0. The van der Waals surface area contributed by atoms with E-state index in [1.807, 2.05) is 0 Å². The van der Waals surface area contributed by atoms with Crippen LogP contribution >= 0.6 is 15.9 Å². The number of benzene rings is 1. The van der Waals surface area contributed by atoms with Crippen molar-refractivity contribution < 1.29 is 14.5 Å². The van der Waals surface area contributed by atoms with Crippen LogP contribution < -0.4 is 4.74 Å². The molecule has 1 heterocycles. The number of carbonyl (C=O) groups excluding carboxylic acids is 1. The summed E-state index contributed by atoms with van der Waals surface area (Å²) in [7, 11) is 1.76. The average Bonchev–Trinajstić information content (AvgIpc) is 2.81. The lowest BCUT2D eigenvalue weighted by atomic mass is 10.3. The quantitative estimate of drug-likeness (QED) is 0.477. The molecule has 0 N–H and O–H groups in total. The molecule has 0 radical (unpaired) electrons. The largest absolute Gasteiger partial charge is 0.485 e. The van der Waals surface area contributed by atoms with Gasteiger partial charge in [0.15, 0.2) is 6.61 Å². The van der Waals surface area contributed by atoms with Crippen LogP contribution in [0.2, 0.25) is 0 Å². The molecule has 7 heteroatoms. The zero-order valence-electron chi connectivity index (χ0n) is 10.6. The van der Waals surface area contributed by atoms with Crippen molar-refractivity contribution >= 4 is 27.4 Å². The molecule has 1 aromatic heterocycles. The molecule has 0 saturated carbocycles. The number of hydrogen-bond acceptors (Lipinski definition) is 4. The molecule has 104 valence electrons. The summed E-state index contributed by atoms with van der Waals surface area (Å²) in [6.45, 7) is -0.175. The smallest absolute Gasteiger partial charge is 0.274 e. The van der Waals surface area contributed by atoms with E-state index in [1.54, 1.807) is 36.0 Å². The van der Waals surface area contributed by atoms with Crippen molar-refractivity contribution in [1.82, 2.24) is 4.57 Å². The van der Waals surface area contributed by atoms with Crippen molar-refractivity contribution in [3.8, 4) is 5.75 Å². The molecule has 0 saturated heterocycles. The first-order valence-electron chi connectivity index (χ1n) is 5.69. The Bertz CT molecular complexity index is 666. The molecule has 2 rings (SSSR count). The SMILES string of the molecule is Cn1cccc1C(=O)COc1cc(Br)cc([N+](=O)[O-])c1. The second-order valence-corrected chi connectivity index (χ2v) is 5.03. The molecule has 0 aliphatic rings. The lowest BCUT2D eigenvalue weighted by Crippen LogP contribution is -2.14. The Morgan fingerprint density at radius 3 is 2.80 bits per heavy atom. The number of ether oxygens (including phenoxy) is 1. The summed E-state index contributed by atoms with van der Waals surface area (Å²) in [5.41, 5.74) is 0.426. The van der Waals surface area contributed by atoms with Crippen LogP contribution in [0.3, 0.4) is 0 Å². The van der Waals surface area contributed by atoms with Crippen molar-refractivity contribution in [3.05, 3.63) is 56.8 Å². The molecular formula is C13H11BrN2O4. The highest BCUT2D eigenvalue weighted by Crippen LogP contribution is 2.26. The predicted octanol–water partition coefficient (Wildman–Crippen LogP) is 2.96. The van der Waals surface area contributed by atoms with Gasteiger partial charge in [-0.25, -0.2) is 0 Å². The van der Waals surface area contributed by atoms with Gasteiger partial charge < -0.3 is 9.30 Å². The molecule has 0 aliphatic carbocycles. The first-order valence-corrected chi connectivity index (χ1v) is 6.49. The fourth-order valence-electron chi connectivity index (χ4n) is 1.71. The molecule has 0 aliphatic heterocycles. The number of carbonyl (C=O) groups is 1. The average molecular weight is 339 g/mol.